The van der Waals surface area contributed by atoms with Crippen LogP contribution in [0.2, 0.25) is 0 Å². The van der Waals surface area contributed by atoms with E-state index in [1.54, 1.807) is 11.0 Å². The number of hydrogen-bond acceptors (Lipinski definition) is 5. The molecule has 2 aromatic rings. The third-order valence-electron chi connectivity index (χ3n) is 4.13. The molecule has 1 amide bonds. The number of furan rings is 1. The molecule has 0 atom stereocenters. The minimum atomic E-state index is -1.08. The Morgan fingerprint density at radius 2 is 2.04 bits per heavy atom. The van der Waals surface area contributed by atoms with Gasteiger partial charge in [-0.05, 0) is 51.3 Å². The third kappa shape index (κ3) is 4.24. The van der Waals surface area contributed by atoms with Crippen LogP contribution >= 0.6 is 0 Å². The van der Waals surface area contributed by atoms with Crippen molar-refractivity contribution in [2.24, 2.45) is 0 Å². The van der Waals surface area contributed by atoms with Crippen LogP contribution in [0.3, 0.4) is 0 Å². The Morgan fingerprint density at radius 3 is 2.74 bits per heavy atom. The highest BCUT2D eigenvalue weighted by atomic mass is 16.6. The van der Waals surface area contributed by atoms with Gasteiger partial charge in [-0.25, -0.2) is 9.59 Å². The Balaban J connectivity index is 1.86. The number of amides is 1. The van der Waals surface area contributed by atoms with Crippen LogP contribution in [0.5, 0.6) is 5.75 Å². The molecule has 0 aliphatic carbocycles. The number of hydrogen-bond donors (Lipinski definition) is 1. The fourth-order valence-corrected chi connectivity index (χ4v) is 3.02. The summed E-state index contributed by atoms with van der Waals surface area (Å²) >= 11 is 0. The van der Waals surface area contributed by atoms with Gasteiger partial charge in [0.05, 0.1) is 12.0 Å². The van der Waals surface area contributed by atoms with E-state index in [0.29, 0.717) is 18.0 Å². The molecule has 0 fully saturated rings. The number of carboxylic acid groups (broad SMARTS) is 1. The maximum atomic E-state index is 12.7. The van der Waals surface area contributed by atoms with E-state index >= 15 is 0 Å². The first kappa shape index (κ1) is 18.8. The monoisotopic (exact) mass is 373 g/mol. The van der Waals surface area contributed by atoms with E-state index in [9.17, 15) is 14.7 Å². The number of ether oxygens (including phenoxy) is 2. The third-order valence-corrected chi connectivity index (χ3v) is 4.13. The number of nitrogens with zero attached hydrogens (tertiary/aromatic N) is 1. The molecule has 0 saturated carbocycles. The van der Waals surface area contributed by atoms with Gasteiger partial charge in [-0.15, -0.1) is 0 Å². The first-order valence-electron chi connectivity index (χ1n) is 8.81. The molecule has 3 rings (SSSR count). The normalized spacial score (nSPS) is 13.8. The summed E-state index contributed by atoms with van der Waals surface area (Å²) in [6, 6.07) is 6.95. The highest BCUT2D eigenvalue weighted by molar-refractivity contribution is 5.92. The van der Waals surface area contributed by atoms with Crippen LogP contribution in [0, 0.1) is 0 Å². The van der Waals surface area contributed by atoms with Gasteiger partial charge >= 0.3 is 12.1 Å². The first-order valence-corrected chi connectivity index (χ1v) is 8.81. The predicted octanol–water partition coefficient (Wildman–Crippen LogP) is 4.24. The molecule has 0 bridgehead atoms. The summed E-state index contributed by atoms with van der Waals surface area (Å²) in [5.41, 5.74) is 1.11. The van der Waals surface area contributed by atoms with E-state index in [1.165, 1.54) is 12.3 Å². The van der Waals surface area contributed by atoms with Crippen molar-refractivity contribution in [1.29, 1.82) is 0 Å². The molecule has 1 aromatic carbocycles. The van der Waals surface area contributed by atoms with Gasteiger partial charge < -0.3 is 19.0 Å². The van der Waals surface area contributed by atoms with Crippen LogP contribution in [0.15, 0.2) is 34.9 Å². The molecule has 7 heteroatoms. The highest BCUT2D eigenvalue weighted by Gasteiger charge is 2.30. The Labute approximate surface area is 157 Å². The zero-order chi connectivity index (χ0) is 19.6. The summed E-state index contributed by atoms with van der Waals surface area (Å²) in [5.74, 6) is -0.363. The number of fused-ring (bicyclic) bond motifs is 1. The summed E-state index contributed by atoms with van der Waals surface area (Å²) in [7, 11) is 0. The van der Waals surface area contributed by atoms with Crippen molar-refractivity contribution in [1.82, 2.24) is 0 Å². The van der Waals surface area contributed by atoms with E-state index in [-0.39, 0.29) is 17.9 Å². The number of aryl methyl sites for hydroxylation is 1. The second kappa shape index (κ2) is 7.34. The van der Waals surface area contributed by atoms with Crippen molar-refractivity contribution in [3.8, 4) is 5.75 Å². The molecule has 0 radical (unpaired) electrons. The van der Waals surface area contributed by atoms with Crippen molar-refractivity contribution in [2.75, 3.05) is 11.4 Å². The Kier molecular flexibility index (Phi) is 5.12. The zero-order valence-electron chi connectivity index (χ0n) is 15.7. The maximum Gasteiger partial charge on any atom is 0.414 e. The topological polar surface area (TPSA) is 89.2 Å². The van der Waals surface area contributed by atoms with Gasteiger partial charge in [-0.1, -0.05) is 12.1 Å². The Bertz CT molecular complexity index is 848. The first-order chi connectivity index (χ1) is 12.8. The lowest BCUT2D eigenvalue weighted by atomic mass is 10.0. The molecule has 1 aliphatic heterocycles. The van der Waals surface area contributed by atoms with Crippen LogP contribution in [0.25, 0.3) is 0 Å². The fraction of sp³-hybridized carbons (Fsp3) is 0.400. The quantitative estimate of drug-likeness (QED) is 0.862. The molecule has 0 saturated heterocycles. The molecule has 27 heavy (non-hydrogen) atoms. The number of rotatable bonds is 4. The van der Waals surface area contributed by atoms with Gasteiger partial charge in [-0.3, -0.25) is 4.90 Å². The van der Waals surface area contributed by atoms with Crippen LogP contribution in [0.4, 0.5) is 10.5 Å². The lowest BCUT2D eigenvalue weighted by molar-refractivity contribution is 0.0576. The largest absolute Gasteiger partial charge is 0.483 e. The zero-order valence-corrected chi connectivity index (χ0v) is 15.7. The molecule has 144 valence electrons. The average Bonchev–Trinajstić information content (AvgIpc) is 3.06. The SMILES string of the molecule is CC(C)(C)OC(=O)N1CCCc2cccc(OCc3occc3C(=O)O)c21. The minimum Gasteiger partial charge on any atom is -0.483 e. The van der Waals surface area contributed by atoms with E-state index in [0.717, 1.165) is 18.4 Å². The van der Waals surface area contributed by atoms with Crippen molar-refractivity contribution in [2.45, 2.75) is 45.8 Å². The number of anilines is 1. The van der Waals surface area contributed by atoms with Crippen molar-refractivity contribution < 1.29 is 28.6 Å². The number of benzene rings is 1. The second-order valence-corrected chi connectivity index (χ2v) is 7.35. The molecule has 0 unspecified atom stereocenters. The lowest BCUT2D eigenvalue weighted by Crippen LogP contribution is -2.40. The Morgan fingerprint density at radius 1 is 1.26 bits per heavy atom. The summed E-state index contributed by atoms with van der Waals surface area (Å²) < 4.78 is 16.6. The maximum absolute atomic E-state index is 12.7. The van der Waals surface area contributed by atoms with Crippen LogP contribution in [-0.2, 0) is 17.8 Å². The average molecular weight is 373 g/mol. The van der Waals surface area contributed by atoms with Crippen molar-refractivity contribution in [3.63, 3.8) is 0 Å². The van der Waals surface area contributed by atoms with Gasteiger partial charge in [0.15, 0.2) is 5.76 Å². The van der Waals surface area contributed by atoms with E-state index < -0.39 is 17.7 Å². The standard InChI is InChI=1S/C20H23NO6/c1-20(2,3)27-19(24)21-10-5-7-13-6-4-8-15(17(13)21)26-12-16-14(18(22)23)9-11-25-16/h4,6,8-9,11H,5,7,10,12H2,1-3H3,(H,22,23). The van der Waals surface area contributed by atoms with Gasteiger partial charge in [0.1, 0.15) is 23.5 Å². The number of carbonyl (C=O) groups excluding carboxylic acids is 1. The van der Waals surface area contributed by atoms with E-state index in [2.05, 4.69) is 0 Å². The molecule has 1 aliphatic rings. The fourth-order valence-electron chi connectivity index (χ4n) is 3.02. The van der Waals surface area contributed by atoms with Gasteiger partial charge in [-0.2, -0.15) is 0 Å². The summed E-state index contributed by atoms with van der Waals surface area (Å²) in [6.07, 6.45) is 2.54. The van der Waals surface area contributed by atoms with E-state index in [1.807, 2.05) is 32.9 Å². The molecular formula is C20H23NO6. The van der Waals surface area contributed by atoms with Gasteiger partial charge in [0.25, 0.3) is 0 Å². The molecule has 0 spiro atoms. The van der Waals surface area contributed by atoms with Crippen LogP contribution < -0.4 is 9.64 Å². The number of carbonyl (C=O) groups is 2. The Hall–Kier alpha value is -2.96. The van der Waals surface area contributed by atoms with Crippen LogP contribution in [-0.4, -0.2) is 29.3 Å². The number of aromatic carboxylic acids is 1. The smallest absolute Gasteiger partial charge is 0.414 e. The van der Waals surface area contributed by atoms with Gasteiger partial charge in [0, 0.05) is 6.54 Å². The molecule has 1 N–H and O–H groups in total. The predicted molar refractivity (Wildman–Crippen MR) is 98.3 cm³/mol. The summed E-state index contributed by atoms with van der Waals surface area (Å²) in [5, 5.41) is 9.18. The number of carboxylic acids is 1. The second-order valence-electron chi connectivity index (χ2n) is 7.35. The summed E-state index contributed by atoms with van der Waals surface area (Å²) in [6.45, 7) is 5.95. The molecule has 2 heterocycles. The molecular weight excluding hydrogens is 350 g/mol. The lowest BCUT2D eigenvalue weighted by Gasteiger charge is -2.32. The summed E-state index contributed by atoms with van der Waals surface area (Å²) in [4.78, 5) is 25.5. The molecule has 1 aromatic heterocycles. The minimum absolute atomic E-state index is 0.0484. The molecule has 7 nitrogen and oxygen atoms in total. The van der Waals surface area contributed by atoms with E-state index in [4.69, 9.17) is 13.9 Å². The highest BCUT2D eigenvalue weighted by Crippen LogP contribution is 2.37. The van der Waals surface area contributed by atoms with Gasteiger partial charge in [0.2, 0.25) is 0 Å². The van der Waals surface area contributed by atoms with Crippen molar-refractivity contribution in [3.05, 3.63) is 47.4 Å². The van der Waals surface area contributed by atoms with Crippen LogP contribution in [0.1, 0.15) is 48.9 Å². The van der Waals surface area contributed by atoms with Crippen molar-refractivity contribution >= 4 is 17.7 Å². The number of para-hydroxylation sites is 1.